The lowest BCUT2D eigenvalue weighted by Gasteiger charge is -2.28. The maximum Gasteiger partial charge on any atom is 0.306 e. The molecule has 0 aliphatic heterocycles. The lowest BCUT2D eigenvalue weighted by Crippen LogP contribution is -2.37. The normalized spacial score (nSPS) is 14.2. The van der Waals surface area contributed by atoms with E-state index in [-0.39, 0.29) is 26.1 Å². The average molecular weight is 1100 g/mol. The summed E-state index contributed by atoms with van der Waals surface area (Å²) >= 11 is 0. The Morgan fingerprint density at radius 3 is 1.04 bits per heavy atom. The second kappa shape index (κ2) is 57.8. The van der Waals surface area contributed by atoms with Crippen molar-refractivity contribution in [2.75, 3.05) is 47.5 Å². The highest BCUT2D eigenvalue weighted by atomic mass is 31.2. The third-order valence-corrected chi connectivity index (χ3v) is 13.6. The second-order valence-corrected chi connectivity index (χ2v) is 22.7. The van der Waals surface area contributed by atoms with Crippen LogP contribution in [0.3, 0.4) is 0 Å². The van der Waals surface area contributed by atoms with E-state index in [0.717, 1.165) is 109 Å². The molecule has 0 amide bonds. The summed E-state index contributed by atoms with van der Waals surface area (Å²) in [6.07, 6.45) is 83.9. The maximum atomic E-state index is 12.8. The highest BCUT2D eigenvalue weighted by molar-refractivity contribution is 7.45. The molecule has 10 heteroatoms. The molecule has 0 radical (unpaired) electrons. The van der Waals surface area contributed by atoms with Gasteiger partial charge >= 0.3 is 11.9 Å². The summed E-state index contributed by atoms with van der Waals surface area (Å²) in [5, 5.41) is 0. The number of hydrogen-bond acceptors (Lipinski definition) is 8. The van der Waals surface area contributed by atoms with Crippen LogP contribution in [0, 0.1) is 0 Å². The summed E-state index contributed by atoms with van der Waals surface area (Å²) in [6, 6.07) is 0. The second-order valence-electron chi connectivity index (χ2n) is 21.3. The van der Waals surface area contributed by atoms with Gasteiger partial charge in [-0.05, 0) is 109 Å². The molecule has 0 saturated heterocycles. The van der Waals surface area contributed by atoms with Crippen LogP contribution in [0.1, 0.15) is 232 Å². The van der Waals surface area contributed by atoms with Crippen LogP contribution in [0.15, 0.2) is 134 Å². The number of esters is 2. The van der Waals surface area contributed by atoms with Crippen LogP contribution in [0.25, 0.3) is 0 Å². The predicted molar refractivity (Wildman–Crippen MR) is 332 cm³/mol. The van der Waals surface area contributed by atoms with Crippen molar-refractivity contribution in [1.82, 2.24) is 0 Å². The van der Waals surface area contributed by atoms with Crippen molar-refractivity contribution in [2.24, 2.45) is 0 Å². The Kier molecular flexibility index (Phi) is 55.0. The van der Waals surface area contributed by atoms with Gasteiger partial charge in [0.15, 0.2) is 6.10 Å². The molecule has 0 rings (SSSR count). The van der Waals surface area contributed by atoms with Gasteiger partial charge in [0, 0.05) is 12.8 Å². The Labute approximate surface area is 479 Å². The van der Waals surface area contributed by atoms with Crippen molar-refractivity contribution < 1.29 is 42.1 Å². The van der Waals surface area contributed by atoms with Crippen LogP contribution < -0.4 is 4.89 Å². The molecule has 0 aliphatic rings. The van der Waals surface area contributed by atoms with Gasteiger partial charge in [0.05, 0.1) is 27.7 Å². The van der Waals surface area contributed by atoms with Gasteiger partial charge in [0.25, 0.3) is 7.82 Å². The summed E-state index contributed by atoms with van der Waals surface area (Å²) < 4.78 is 34.1. The predicted octanol–water partition coefficient (Wildman–Crippen LogP) is 19.1. The fourth-order valence-electron chi connectivity index (χ4n) is 7.98. The number of likely N-dealkylation sites (N-methyl/N-ethyl adjacent to an activating group) is 1. The Morgan fingerprint density at radius 1 is 0.397 bits per heavy atom. The lowest BCUT2D eigenvalue weighted by atomic mass is 10.0. The zero-order valence-electron chi connectivity index (χ0n) is 50.3. The molecule has 444 valence electrons. The van der Waals surface area contributed by atoms with E-state index in [2.05, 4.69) is 148 Å². The van der Waals surface area contributed by atoms with Gasteiger partial charge in [-0.2, -0.15) is 0 Å². The monoisotopic (exact) mass is 1100 g/mol. The first-order valence-corrected chi connectivity index (χ1v) is 32.4. The van der Waals surface area contributed by atoms with Crippen LogP contribution in [0.2, 0.25) is 0 Å². The summed E-state index contributed by atoms with van der Waals surface area (Å²) in [4.78, 5) is 37.8. The molecule has 9 nitrogen and oxygen atoms in total. The first-order valence-electron chi connectivity index (χ1n) is 30.9. The molecule has 2 unspecified atom stereocenters. The number of ether oxygens (including phenoxy) is 2. The van der Waals surface area contributed by atoms with Crippen molar-refractivity contribution >= 4 is 19.8 Å². The fraction of sp³-hybridized carbons (Fsp3) is 0.647. The summed E-state index contributed by atoms with van der Waals surface area (Å²) in [5.74, 6) is -0.873. The molecular weight excluding hydrogens is 990 g/mol. The molecule has 0 bridgehead atoms. The maximum absolute atomic E-state index is 12.8. The lowest BCUT2D eigenvalue weighted by molar-refractivity contribution is -0.870. The minimum Gasteiger partial charge on any atom is -0.756 e. The van der Waals surface area contributed by atoms with Crippen molar-refractivity contribution in [1.29, 1.82) is 0 Å². The molecule has 0 N–H and O–H groups in total. The molecule has 0 fully saturated rings. The Hall–Kier alpha value is -3.85. The minimum atomic E-state index is -4.65. The first kappa shape index (κ1) is 74.2. The number of phosphoric ester groups is 1. The number of rotatable bonds is 55. The number of nitrogens with zero attached hydrogens (tertiary/aromatic N) is 1. The average Bonchev–Trinajstić information content (AvgIpc) is 3.40. The minimum absolute atomic E-state index is 0.0406. The number of unbranched alkanes of at least 4 members (excludes halogenated alkanes) is 19. The van der Waals surface area contributed by atoms with E-state index in [1.807, 2.05) is 21.1 Å². The number of phosphoric acid groups is 1. The third kappa shape index (κ3) is 61.4. The van der Waals surface area contributed by atoms with Crippen LogP contribution in [0.5, 0.6) is 0 Å². The first-order chi connectivity index (χ1) is 38.0. The topological polar surface area (TPSA) is 111 Å². The smallest absolute Gasteiger partial charge is 0.306 e. The standard InChI is InChI=1S/C68H114NO8P/c1-6-8-10-12-14-16-18-20-21-22-23-24-25-26-27-28-29-30-31-32-33-34-35-36-37-38-39-40-41-42-43-44-45-46-47-49-51-53-55-57-59-61-68(71)77-66(65-76-78(72,73)75-63-62-69(3,4)5)64-74-67(70)60-58-56-54-52-50-48-19-17-15-13-11-9-7-2/h8-11,14-17,20-21,23-24,26-27,29-30,32-33,35-36,48,50,66H,6-7,12-13,18-19,22,25,28,31,34,37-47,49,51-65H2,1-5H3/b10-8-,11-9-,16-14-,17-15-,21-20-,24-23-,27-26-,30-29-,33-32-,36-35-,50-48-. The van der Waals surface area contributed by atoms with E-state index in [1.165, 1.54) is 83.5 Å². The van der Waals surface area contributed by atoms with Gasteiger partial charge in [0.2, 0.25) is 0 Å². The van der Waals surface area contributed by atoms with E-state index < -0.39 is 32.5 Å². The van der Waals surface area contributed by atoms with Gasteiger partial charge in [-0.3, -0.25) is 14.2 Å². The SMILES string of the molecule is CC/C=C\C/C=C\C/C=C\C/C=C\C/C=C\C/C=C\C/C=C\C/C=C\CCCCCCCCCCCCCCCCCCC(=O)OC(COC(=O)CCCCC/C=C\C/C=C\C/C=C\CC)COP(=O)([O-])OCC[N+](C)(C)C. The molecule has 78 heavy (non-hydrogen) atoms. The van der Waals surface area contributed by atoms with Crippen LogP contribution in [-0.2, 0) is 32.7 Å². The summed E-state index contributed by atoms with van der Waals surface area (Å²) in [6.45, 7) is 3.96. The van der Waals surface area contributed by atoms with E-state index in [9.17, 15) is 19.0 Å². The summed E-state index contributed by atoms with van der Waals surface area (Å²) in [7, 11) is 1.14. The fourth-order valence-corrected chi connectivity index (χ4v) is 8.71. The molecule has 0 aromatic rings. The largest absolute Gasteiger partial charge is 0.756 e. The number of carbonyl (C=O) groups excluding carboxylic acids is 2. The molecule has 2 atom stereocenters. The summed E-state index contributed by atoms with van der Waals surface area (Å²) in [5.41, 5.74) is 0. The van der Waals surface area contributed by atoms with Gasteiger partial charge < -0.3 is 27.9 Å². The van der Waals surface area contributed by atoms with Crippen LogP contribution in [0.4, 0.5) is 0 Å². The number of hydrogen-bond donors (Lipinski definition) is 0. The molecule has 0 saturated carbocycles. The van der Waals surface area contributed by atoms with E-state index in [0.29, 0.717) is 23.9 Å². The molecule has 0 spiro atoms. The molecular formula is C68H114NO8P. The Balaban J connectivity index is 3.99. The van der Waals surface area contributed by atoms with Crippen molar-refractivity contribution in [3.63, 3.8) is 0 Å². The van der Waals surface area contributed by atoms with E-state index in [1.54, 1.807) is 0 Å². The Bertz CT molecular complexity index is 1780. The van der Waals surface area contributed by atoms with Crippen molar-refractivity contribution in [3.8, 4) is 0 Å². The molecule has 0 aliphatic carbocycles. The molecule has 0 heterocycles. The van der Waals surface area contributed by atoms with Gasteiger partial charge in [-0.25, -0.2) is 0 Å². The third-order valence-electron chi connectivity index (χ3n) is 12.7. The highest BCUT2D eigenvalue weighted by Crippen LogP contribution is 2.38. The van der Waals surface area contributed by atoms with E-state index in [4.69, 9.17) is 18.5 Å². The zero-order chi connectivity index (χ0) is 57.0. The van der Waals surface area contributed by atoms with Crippen LogP contribution >= 0.6 is 7.82 Å². The number of quaternary nitrogens is 1. The highest BCUT2D eigenvalue weighted by Gasteiger charge is 2.22. The van der Waals surface area contributed by atoms with Crippen molar-refractivity contribution in [2.45, 2.75) is 238 Å². The number of carbonyl (C=O) groups is 2. The van der Waals surface area contributed by atoms with Crippen molar-refractivity contribution in [3.05, 3.63) is 134 Å². The Morgan fingerprint density at radius 2 is 0.692 bits per heavy atom. The van der Waals surface area contributed by atoms with E-state index >= 15 is 0 Å². The van der Waals surface area contributed by atoms with Gasteiger partial charge in [-0.1, -0.05) is 244 Å². The van der Waals surface area contributed by atoms with Gasteiger partial charge in [0.1, 0.15) is 19.8 Å². The quantitative estimate of drug-likeness (QED) is 0.0195. The molecule has 0 aromatic heterocycles. The van der Waals surface area contributed by atoms with Crippen LogP contribution in [-0.4, -0.2) is 70.0 Å². The van der Waals surface area contributed by atoms with Gasteiger partial charge in [-0.15, -0.1) is 0 Å². The zero-order valence-corrected chi connectivity index (χ0v) is 51.2. The molecule has 0 aromatic carbocycles. The number of allylic oxidation sites excluding steroid dienone is 22.